The van der Waals surface area contributed by atoms with Crippen molar-refractivity contribution in [2.75, 3.05) is 33.4 Å². The second-order valence-electron chi connectivity index (χ2n) is 4.83. The van der Waals surface area contributed by atoms with Crippen LogP contribution in [0.3, 0.4) is 0 Å². The second kappa shape index (κ2) is 10.1. The van der Waals surface area contributed by atoms with Gasteiger partial charge in [-0.05, 0) is 20.3 Å². The number of carboxylic acid groups (broad SMARTS) is 1. The van der Waals surface area contributed by atoms with Crippen LogP contribution in [0.2, 0.25) is 0 Å². The summed E-state index contributed by atoms with van der Waals surface area (Å²) in [5.74, 6) is -0.888. The molecule has 3 unspecified atom stereocenters. The summed E-state index contributed by atoms with van der Waals surface area (Å²) < 4.78 is 10.3. The van der Waals surface area contributed by atoms with Crippen molar-refractivity contribution < 1.29 is 24.5 Å². The summed E-state index contributed by atoms with van der Waals surface area (Å²) in [7, 11) is 1.59. The summed E-state index contributed by atoms with van der Waals surface area (Å²) in [6.45, 7) is 6.67. The van der Waals surface area contributed by atoms with Crippen LogP contribution in [0, 0.1) is 0 Å². The molecule has 0 spiro atoms. The highest BCUT2D eigenvalue weighted by Gasteiger charge is 2.19. The Kier molecular flexibility index (Phi) is 9.77. The van der Waals surface area contributed by atoms with Crippen molar-refractivity contribution in [1.29, 1.82) is 0 Å². The molecule has 2 N–H and O–H groups in total. The predicted molar refractivity (Wildman–Crippen MR) is 72.3 cm³/mol. The molecule has 6 nitrogen and oxygen atoms in total. The van der Waals surface area contributed by atoms with Gasteiger partial charge in [-0.15, -0.1) is 0 Å². The fourth-order valence-corrected chi connectivity index (χ4v) is 1.71. The molecule has 0 saturated heterocycles. The first-order valence-electron chi connectivity index (χ1n) is 6.65. The first-order chi connectivity index (χ1) is 8.90. The highest BCUT2D eigenvalue weighted by molar-refractivity contribution is 5.69. The Bertz CT molecular complexity index is 249. The highest BCUT2D eigenvalue weighted by atomic mass is 16.5. The normalized spacial score (nSPS) is 16.3. The zero-order valence-corrected chi connectivity index (χ0v) is 12.3. The van der Waals surface area contributed by atoms with Crippen molar-refractivity contribution >= 4 is 5.97 Å². The topological polar surface area (TPSA) is 79.2 Å². The number of nitrogens with zero attached hydrogens (tertiary/aromatic N) is 1. The summed E-state index contributed by atoms with van der Waals surface area (Å²) in [5.41, 5.74) is 0. The number of carboxylic acids is 1. The molecule has 0 aliphatic carbocycles. The summed E-state index contributed by atoms with van der Waals surface area (Å²) in [6.07, 6.45) is 0.0461. The number of ether oxygens (including phenoxy) is 2. The number of aliphatic hydroxyl groups excluding tert-OH is 1. The molecule has 19 heavy (non-hydrogen) atoms. The van der Waals surface area contributed by atoms with E-state index in [2.05, 4.69) is 0 Å². The van der Waals surface area contributed by atoms with Gasteiger partial charge in [0.1, 0.15) is 0 Å². The van der Waals surface area contributed by atoms with Gasteiger partial charge in [0.2, 0.25) is 0 Å². The molecule has 0 aliphatic heterocycles. The van der Waals surface area contributed by atoms with E-state index in [0.717, 1.165) is 6.42 Å². The lowest BCUT2D eigenvalue weighted by Gasteiger charge is -2.29. The van der Waals surface area contributed by atoms with Crippen molar-refractivity contribution in [3.8, 4) is 0 Å². The lowest BCUT2D eigenvalue weighted by atomic mass is 10.2. The molecule has 0 rings (SSSR count). The van der Waals surface area contributed by atoms with E-state index in [0.29, 0.717) is 13.2 Å². The van der Waals surface area contributed by atoms with Gasteiger partial charge < -0.3 is 19.7 Å². The van der Waals surface area contributed by atoms with Crippen LogP contribution in [0.15, 0.2) is 0 Å². The van der Waals surface area contributed by atoms with E-state index in [-0.39, 0.29) is 25.3 Å². The standard InChI is InChI=1S/C13H27NO5/c1-5-10(2)14(7-13(16)17)6-12(15)9-19-11(3)8-18-4/h10-12,15H,5-9H2,1-4H3,(H,16,17). The third-order valence-electron chi connectivity index (χ3n) is 2.97. The Morgan fingerprint density at radius 1 is 1.32 bits per heavy atom. The maximum atomic E-state index is 10.8. The van der Waals surface area contributed by atoms with Gasteiger partial charge in [-0.1, -0.05) is 6.92 Å². The number of hydrogen-bond acceptors (Lipinski definition) is 5. The molecule has 0 aliphatic rings. The van der Waals surface area contributed by atoms with Gasteiger partial charge in [-0.25, -0.2) is 0 Å². The van der Waals surface area contributed by atoms with Crippen molar-refractivity contribution in [3.05, 3.63) is 0 Å². The molecule has 6 heteroatoms. The van der Waals surface area contributed by atoms with Crippen LogP contribution in [0.1, 0.15) is 27.2 Å². The molecule has 0 radical (unpaired) electrons. The third kappa shape index (κ3) is 8.93. The quantitative estimate of drug-likeness (QED) is 0.575. The highest BCUT2D eigenvalue weighted by Crippen LogP contribution is 2.05. The van der Waals surface area contributed by atoms with Gasteiger partial charge >= 0.3 is 5.97 Å². The minimum Gasteiger partial charge on any atom is -0.480 e. The van der Waals surface area contributed by atoms with Crippen LogP contribution in [-0.2, 0) is 14.3 Å². The van der Waals surface area contributed by atoms with Gasteiger partial charge in [0.05, 0.1) is 32.0 Å². The van der Waals surface area contributed by atoms with Gasteiger partial charge in [0.15, 0.2) is 0 Å². The van der Waals surface area contributed by atoms with E-state index in [1.54, 1.807) is 12.0 Å². The zero-order valence-electron chi connectivity index (χ0n) is 12.3. The number of hydrogen-bond donors (Lipinski definition) is 2. The fraction of sp³-hybridized carbons (Fsp3) is 0.923. The molecule has 0 bridgehead atoms. The Morgan fingerprint density at radius 3 is 2.42 bits per heavy atom. The molecule has 0 aromatic heterocycles. The van der Waals surface area contributed by atoms with Crippen LogP contribution in [0.5, 0.6) is 0 Å². The van der Waals surface area contributed by atoms with E-state index in [9.17, 15) is 9.90 Å². The smallest absolute Gasteiger partial charge is 0.317 e. The molecular formula is C13H27NO5. The van der Waals surface area contributed by atoms with Crippen LogP contribution in [0.25, 0.3) is 0 Å². The SMILES string of the molecule is CCC(C)N(CC(=O)O)CC(O)COC(C)COC. The van der Waals surface area contributed by atoms with Crippen molar-refractivity contribution in [2.45, 2.75) is 45.4 Å². The maximum Gasteiger partial charge on any atom is 0.317 e. The summed E-state index contributed by atoms with van der Waals surface area (Å²) in [6, 6.07) is 0.113. The number of aliphatic hydroxyl groups is 1. The van der Waals surface area contributed by atoms with Gasteiger partial charge in [0, 0.05) is 19.7 Å². The number of aliphatic carboxylic acids is 1. The van der Waals surface area contributed by atoms with E-state index < -0.39 is 12.1 Å². The van der Waals surface area contributed by atoms with Crippen molar-refractivity contribution in [3.63, 3.8) is 0 Å². The van der Waals surface area contributed by atoms with Crippen molar-refractivity contribution in [1.82, 2.24) is 4.90 Å². The van der Waals surface area contributed by atoms with Crippen LogP contribution >= 0.6 is 0 Å². The molecule has 0 heterocycles. The molecule has 0 aromatic rings. The average molecular weight is 277 g/mol. The number of carbonyl (C=O) groups is 1. The summed E-state index contributed by atoms with van der Waals surface area (Å²) in [4.78, 5) is 12.5. The number of rotatable bonds is 11. The molecule has 114 valence electrons. The first kappa shape index (κ1) is 18.3. The third-order valence-corrected chi connectivity index (χ3v) is 2.97. The average Bonchev–Trinajstić information content (AvgIpc) is 2.34. The lowest BCUT2D eigenvalue weighted by molar-refractivity contribution is -0.139. The maximum absolute atomic E-state index is 10.8. The molecule has 0 amide bonds. The van der Waals surface area contributed by atoms with E-state index in [1.165, 1.54) is 0 Å². The van der Waals surface area contributed by atoms with E-state index >= 15 is 0 Å². The Balaban J connectivity index is 4.15. The summed E-state index contributed by atoms with van der Waals surface area (Å²) in [5, 5.41) is 18.8. The molecular weight excluding hydrogens is 250 g/mol. The van der Waals surface area contributed by atoms with E-state index in [4.69, 9.17) is 14.6 Å². The minimum atomic E-state index is -0.888. The van der Waals surface area contributed by atoms with Crippen LogP contribution in [0.4, 0.5) is 0 Å². The monoisotopic (exact) mass is 277 g/mol. The molecule has 0 saturated carbocycles. The zero-order chi connectivity index (χ0) is 14.8. The van der Waals surface area contributed by atoms with Gasteiger partial charge in [-0.3, -0.25) is 9.69 Å². The van der Waals surface area contributed by atoms with Gasteiger partial charge in [0.25, 0.3) is 0 Å². The summed E-state index contributed by atoms with van der Waals surface area (Å²) >= 11 is 0. The minimum absolute atomic E-state index is 0.0698. The molecule has 0 aromatic carbocycles. The van der Waals surface area contributed by atoms with Crippen LogP contribution in [-0.4, -0.2) is 72.7 Å². The first-order valence-corrected chi connectivity index (χ1v) is 6.65. The molecule has 0 fully saturated rings. The van der Waals surface area contributed by atoms with Crippen molar-refractivity contribution in [2.24, 2.45) is 0 Å². The fourth-order valence-electron chi connectivity index (χ4n) is 1.71. The molecule has 3 atom stereocenters. The largest absolute Gasteiger partial charge is 0.480 e. The van der Waals surface area contributed by atoms with E-state index in [1.807, 2.05) is 20.8 Å². The number of methoxy groups -OCH3 is 1. The second-order valence-corrected chi connectivity index (χ2v) is 4.83. The Morgan fingerprint density at radius 2 is 1.95 bits per heavy atom. The Labute approximate surface area is 115 Å². The van der Waals surface area contributed by atoms with Crippen LogP contribution < -0.4 is 0 Å². The lowest BCUT2D eigenvalue weighted by Crippen LogP contribution is -2.43. The predicted octanol–water partition coefficient (Wildman–Crippen LogP) is 0.584. The Hall–Kier alpha value is -0.690. The van der Waals surface area contributed by atoms with Gasteiger partial charge in [-0.2, -0.15) is 0 Å².